The Morgan fingerprint density at radius 2 is 2.05 bits per heavy atom. The van der Waals surface area contributed by atoms with Gasteiger partial charge in [0, 0.05) is 19.6 Å². The van der Waals surface area contributed by atoms with Crippen LogP contribution in [0, 0.1) is 5.92 Å². The third-order valence-corrected chi connectivity index (χ3v) is 5.30. The number of sulfonamides is 1. The Bertz CT molecular complexity index is 575. The summed E-state index contributed by atoms with van der Waals surface area (Å²) >= 11 is 0. The van der Waals surface area contributed by atoms with E-state index in [-0.39, 0.29) is 17.2 Å². The Morgan fingerprint density at radius 3 is 2.55 bits per heavy atom. The Labute approximate surface area is 118 Å². The lowest BCUT2D eigenvalue weighted by Crippen LogP contribution is -2.32. The maximum atomic E-state index is 12.3. The van der Waals surface area contributed by atoms with Crippen LogP contribution in [0.3, 0.4) is 0 Å². The predicted octanol–water partition coefficient (Wildman–Crippen LogP) is 1.19. The van der Waals surface area contributed by atoms with Crippen molar-refractivity contribution in [3.63, 3.8) is 0 Å². The lowest BCUT2D eigenvalue weighted by atomic mass is 10.2. The Balaban J connectivity index is 2.12. The predicted molar refractivity (Wildman–Crippen MR) is 74.5 cm³/mol. The number of carboxylic acids is 1. The summed E-state index contributed by atoms with van der Waals surface area (Å²) in [5.74, 6) is -0.963. The van der Waals surface area contributed by atoms with Crippen molar-refractivity contribution in [2.24, 2.45) is 5.92 Å². The van der Waals surface area contributed by atoms with Gasteiger partial charge in [0.1, 0.15) is 0 Å². The average molecular weight is 299 g/mol. The summed E-state index contributed by atoms with van der Waals surface area (Å²) in [7, 11) is -1.95. The minimum atomic E-state index is -3.42. The highest BCUT2D eigenvalue weighted by molar-refractivity contribution is 7.92. The van der Waals surface area contributed by atoms with Crippen molar-refractivity contribution < 1.29 is 23.1 Å². The molecule has 1 heterocycles. The zero-order valence-corrected chi connectivity index (χ0v) is 12.0. The second-order valence-electron chi connectivity index (χ2n) is 4.83. The van der Waals surface area contributed by atoms with Crippen molar-refractivity contribution in [3.05, 3.63) is 29.8 Å². The van der Waals surface area contributed by atoms with E-state index in [1.807, 2.05) is 0 Å². The van der Waals surface area contributed by atoms with Crippen LogP contribution in [0.1, 0.15) is 16.8 Å². The van der Waals surface area contributed by atoms with Gasteiger partial charge in [-0.3, -0.25) is 4.31 Å². The molecular weight excluding hydrogens is 282 g/mol. The maximum Gasteiger partial charge on any atom is 0.335 e. The van der Waals surface area contributed by atoms with Gasteiger partial charge >= 0.3 is 5.97 Å². The molecule has 0 aromatic heterocycles. The van der Waals surface area contributed by atoms with Crippen molar-refractivity contribution >= 4 is 21.7 Å². The van der Waals surface area contributed by atoms with Crippen LogP contribution in [0.25, 0.3) is 0 Å². The molecule has 1 aliphatic rings. The summed E-state index contributed by atoms with van der Waals surface area (Å²) in [5.41, 5.74) is 0.581. The molecule has 0 bridgehead atoms. The van der Waals surface area contributed by atoms with E-state index in [0.29, 0.717) is 18.9 Å². The van der Waals surface area contributed by atoms with Crippen LogP contribution in [0.5, 0.6) is 0 Å². The second-order valence-corrected chi connectivity index (χ2v) is 6.87. The fourth-order valence-electron chi connectivity index (χ4n) is 2.10. The topological polar surface area (TPSA) is 83.9 Å². The molecule has 7 heteroatoms. The Morgan fingerprint density at radius 1 is 1.40 bits per heavy atom. The van der Waals surface area contributed by atoms with Crippen LogP contribution >= 0.6 is 0 Å². The van der Waals surface area contributed by atoms with E-state index in [1.54, 1.807) is 0 Å². The first-order valence-electron chi connectivity index (χ1n) is 6.28. The number of ether oxygens (including phenoxy) is 1. The van der Waals surface area contributed by atoms with E-state index < -0.39 is 16.0 Å². The number of aromatic carboxylic acids is 1. The molecule has 1 aromatic rings. The molecule has 1 N–H and O–H groups in total. The van der Waals surface area contributed by atoms with Gasteiger partial charge in [-0.15, -0.1) is 0 Å². The second kappa shape index (κ2) is 5.80. The largest absolute Gasteiger partial charge is 0.478 e. The van der Waals surface area contributed by atoms with E-state index in [0.717, 1.165) is 6.42 Å². The van der Waals surface area contributed by atoms with Crippen LogP contribution in [0.4, 0.5) is 5.69 Å². The number of rotatable bonds is 5. The molecule has 1 unspecified atom stereocenters. The SMILES string of the molecule is CN(c1ccc(C(=O)O)cc1)S(=O)(=O)CC1CCOC1. The molecule has 1 aromatic carbocycles. The minimum Gasteiger partial charge on any atom is -0.478 e. The van der Waals surface area contributed by atoms with Gasteiger partial charge in [-0.25, -0.2) is 13.2 Å². The molecule has 1 fully saturated rings. The summed E-state index contributed by atoms with van der Waals surface area (Å²) in [4.78, 5) is 10.8. The van der Waals surface area contributed by atoms with E-state index in [2.05, 4.69) is 0 Å². The summed E-state index contributed by atoms with van der Waals surface area (Å²) in [5, 5.41) is 8.82. The van der Waals surface area contributed by atoms with Gasteiger partial charge in [-0.1, -0.05) is 0 Å². The number of benzene rings is 1. The summed E-state index contributed by atoms with van der Waals surface area (Å²) in [6.07, 6.45) is 0.755. The van der Waals surface area contributed by atoms with Crippen LogP contribution in [0.15, 0.2) is 24.3 Å². The Kier molecular flexibility index (Phi) is 4.29. The van der Waals surface area contributed by atoms with Crippen molar-refractivity contribution in [3.8, 4) is 0 Å². The van der Waals surface area contributed by atoms with E-state index >= 15 is 0 Å². The molecule has 1 aliphatic heterocycles. The first-order chi connectivity index (χ1) is 9.40. The quantitative estimate of drug-likeness (QED) is 0.883. The van der Waals surface area contributed by atoms with Gasteiger partial charge < -0.3 is 9.84 Å². The molecule has 0 saturated carbocycles. The molecule has 0 radical (unpaired) electrons. The van der Waals surface area contributed by atoms with Gasteiger partial charge in [0.25, 0.3) is 0 Å². The van der Waals surface area contributed by atoms with Gasteiger partial charge in [0.15, 0.2) is 0 Å². The minimum absolute atomic E-state index is 0.0285. The van der Waals surface area contributed by atoms with Crippen molar-refractivity contribution in [2.45, 2.75) is 6.42 Å². The van der Waals surface area contributed by atoms with Crippen molar-refractivity contribution in [2.75, 3.05) is 30.3 Å². The van der Waals surface area contributed by atoms with Crippen LogP contribution in [-0.4, -0.2) is 45.5 Å². The number of hydrogen-bond acceptors (Lipinski definition) is 4. The van der Waals surface area contributed by atoms with E-state index in [4.69, 9.17) is 9.84 Å². The third-order valence-electron chi connectivity index (χ3n) is 3.37. The highest BCUT2D eigenvalue weighted by atomic mass is 32.2. The molecule has 20 heavy (non-hydrogen) atoms. The van der Waals surface area contributed by atoms with Crippen LogP contribution in [0.2, 0.25) is 0 Å². The molecular formula is C13H17NO5S. The highest BCUT2D eigenvalue weighted by Crippen LogP contribution is 2.21. The lowest BCUT2D eigenvalue weighted by molar-refractivity contribution is 0.0697. The number of carbonyl (C=O) groups is 1. The molecule has 0 amide bonds. The smallest absolute Gasteiger partial charge is 0.335 e. The highest BCUT2D eigenvalue weighted by Gasteiger charge is 2.26. The third kappa shape index (κ3) is 3.29. The van der Waals surface area contributed by atoms with E-state index in [9.17, 15) is 13.2 Å². The first kappa shape index (κ1) is 14.8. The Hall–Kier alpha value is -1.60. The monoisotopic (exact) mass is 299 g/mol. The molecule has 1 saturated heterocycles. The van der Waals surface area contributed by atoms with Crippen LogP contribution in [-0.2, 0) is 14.8 Å². The summed E-state index contributed by atoms with van der Waals surface area (Å²) in [6, 6.07) is 5.77. The van der Waals surface area contributed by atoms with E-state index in [1.165, 1.54) is 35.6 Å². The molecule has 110 valence electrons. The zero-order chi connectivity index (χ0) is 14.8. The number of anilines is 1. The van der Waals surface area contributed by atoms with Crippen molar-refractivity contribution in [1.82, 2.24) is 0 Å². The van der Waals surface area contributed by atoms with Gasteiger partial charge in [-0.2, -0.15) is 0 Å². The standard InChI is InChI=1S/C13H17NO5S/c1-14(12-4-2-11(3-5-12)13(15)16)20(17,18)9-10-6-7-19-8-10/h2-5,10H,6-9H2,1H3,(H,15,16). The molecule has 0 spiro atoms. The average Bonchev–Trinajstić information content (AvgIpc) is 2.90. The number of carboxylic acid groups (broad SMARTS) is 1. The van der Waals surface area contributed by atoms with Crippen molar-refractivity contribution in [1.29, 1.82) is 0 Å². The van der Waals surface area contributed by atoms with Gasteiger partial charge in [0.05, 0.1) is 23.6 Å². The maximum absolute atomic E-state index is 12.3. The molecule has 1 atom stereocenters. The van der Waals surface area contributed by atoms with Gasteiger partial charge in [0.2, 0.25) is 10.0 Å². The summed E-state index contributed by atoms with van der Waals surface area (Å²) in [6.45, 7) is 1.09. The van der Waals surface area contributed by atoms with Crippen LogP contribution < -0.4 is 4.31 Å². The van der Waals surface area contributed by atoms with Gasteiger partial charge in [-0.05, 0) is 30.7 Å². The molecule has 0 aliphatic carbocycles. The number of nitrogens with zero attached hydrogens (tertiary/aromatic N) is 1. The first-order valence-corrected chi connectivity index (χ1v) is 7.89. The fraction of sp³-hybridized carbons (Fsp3) is 0.462. The molecule has 6 nitrogen and oxygen atoms in total. The normalized spacial score (nSPS) is 18.9. The summed E-state index contributed by atoms with van der Waals surface area (Å²) < 4.78 is 30.9. The lowest BCUT2D eigenvalue weighted by Gasteiger charge is -2.21. The molecule has 2 rings (SSSR count). The number of hydrogen-bond donors (Lipinski definition) is 1. The fourth-order valence-corrected chi connectivity index (χ4v) is 3.62. The zero-order valence-electron chi connectivity index (χ0n) is 11.2.